The lowest BCUT2D eigenvalue weighted by molar-refractivity contribution is -0.138. The van der Waals surface area contributed by atoms with E-state index < -0.39 is 11.7 Å². The number of hydrogen-bond donors (Lipinski definition) is 2. The van der Waals surface area contributed by atoms with Gasteiger partial charge in [-0.2, -0.15) is 13.2 Å². The van der Waals surface area contributed by atoms with Crippen LogP contribution in [0.1, 0.15) is 15.9 Å². The summed E-state index contributed by atoms with van der Waals surface area (Å²) in [6.07, 6.45) is -2.97. The molecule has 0 saturated carbocycles. The number of benzene rings is 1. The van der Waals surface area contributed by atoms with Gasteiger partial charge in [0.05, 0.1) is 30.1 Å². The second-order valence-corrected chi connectivity index (χ2v) is 7.58. The van der Waals surface area contributed by atoms with Gasteiger partial charge in [-0.25, -0.2) is 9.97 Å². The molecule has 3 heterocycles. The first-order valence-electron chi connectivity index (χ1n) is 10.6. The maximum absolute atomic E-state index is 12.6. The van der Waals surface area contributed by atoms with E-state index >= 15 is 0 Å². The van der Waals surface area contributed by atoms with Crippen LogP contribution < -0.4 is 20.3 Å². The van der Waals surface area contributed by atoms with Gasteiger partial charge in [0.15, 0.2) is 0 Å². The van der Waals surface area contributed by atoms with Crippen molar-refractivity contribution in [3.63, 3.8) is 0 Å². The fourth-order valence-corrected chi connectivity index (χ4v) is 3.58. The third-order valence-corrected chi connectivity index (χ3v) is 5.38. The number of rotatable bonds is 7. The third kappa shape index (κ3) is 5.47. The Kier molecular flexibility index (Phi) is 7.01. The van der Waals surface area contributed by atoms with E-state index in [0.717, 1.165) is 12.4 Å². The van der Waals surface area contributed by atoms with Crippen LogP contribution in [-0.2, 0) is 15.7 Å². The average molecular weight is 480 g/mol. The molecule has 2 aromatic rings. The molecule has 2 amide bonds. The lowest BCUT2D eigenvalue weighted by Gasteiger charge is -2.34. The fourth-order valence-electron chi connectivity index (χ4n) is 3.58. The normalized spacial score (nSPS) is 15.9. The Hall–Kier alpha value is -3.61. The second-order valence-electron chi connectivity index (χ2n) is 7.58. The van der Waals surface area contributed by atoms with Crippen LogP contribution in [0.2, 0.25) is 0 Å². The Bertz CT molecular complexity index is 1030. The molecule has 0 unspecified atom stereocenters. The fraction of sp³-hybridized carbons (Fsp3) is 0.429. The molecule has 1 aromatic carbocycles. The first-order valence-corrected chi connectivity index (χ1v) is 10.6. The summed E-state index contributed by atoms with van der Waals surface area (Å²) < 4.78 is 49.1. The van der Waals surface area contributed by atoms with Gasteiger partial charge in [0.25, 0.3) is 5.91 Å². The monoisotopic (exact) mass is 480 g/mol. The Morgan fingerprint density at radius 3 is 2.50 bits per heavy atom. The van der Waals surface area contributed by atoms with Gasteiger partial charge in [-0.3, -0.25) is 9.59 Å². The molecule has 2 N–H and O–H groups in total. The Morgan fingerprint density at radius 2 is 1.79 bits per heavy atom. The molecule has 0 spiro atoms. The van der Waals surface area contributed by atoms with E-state index in [1.807, 2.05) is 0 Å². The molecule has 34 heavy (non-hydrogen) atoms. The van der Waals surface area contributed by atoms with Gasteiger partial charge in [-0.05, 0) is 12.1 Å². The minimum atomic E-state index is -4.48. The predicted octanol–water partition coefficient (Wildman–Crippen LogP) is 1.35. The van der Waals surface area contributed by atoms with E-state index in [4.69, 9.17) is 9.47 Å². The average Bonchev–Trinajstić information content (AvgIpc) is 2.84. The third-order valence-electron chi connectivity index (χ3n) is 5.38. The number of nitrogens with zero attached hydrogens (tertiary/aromatic N) is 4. The Balaban J connectivity index is 1.17. The number of carbonyl (C=O) groups is 2. The number of aromatic nitrogens is 2. The number of anilines is 2. The molecule has 10 nitrogen and oxygen atoms in total. The Morgan fingerprint density at radius 1 is 1.06 bits per heavy atom. The summed E-state index contributed by atoms with van der Waals surface area (Å²) in [5.74, 6) is 0.363. The summed E-state index contributed by atoms with van der Waals surface area (Å²) in [6.45, 7) is 2.15. The van der Waals surface area contributed by atoms with Crippen LogP contribution in [0, 0.1) is 0 Å². The van der Waals surface area contributed by atoms with E-state index in [2.05, 4.69) is 20.6 Å². The van der Waals surface area contributed by atoms with Gasteiger partial charge in [-0.1, -0.05) is 6.07 Å². The number of alkyl halides is 3. The SMILES string of the molecule is O=C1NCNc2c(OCCOCC(=O)N3CCN(c4ncc(C(F)(F)F)cn4)CC3)cccc21. The molecule has 182 valence electrons. The van der Waals surface area contributed by atoms with Crippen LogP contribution in [0.25, 0.3) is 0 Å². The molecule has 0 atom stereocenters. The highest BCUT2D eigenvalue weighted by Gasteiger charge is 2.32. The standard InChI is InChI=1S/C21H23F3N6O4/c22-21(23,24)14-10-25-20(26-11-14)30-6-4-29(5-7-30)17(31)12-33-8-9-34-16-3-1-2-15-18(16)27-13-28-19(15)32/h1-3,10-11,27H,4-9,12-13H2,(H,28,32). The number of fused-ring (bicyclic) bond motifs is 1. The predicted molar refractivity (Wildman–Crippen MR) is 115 cm³/mol. The maximum atomic E-state index is 12.6. The van der Waals surface area contributed by atoms with Crippen molar-refractivity contribution in [1.29, 1.82) is 0 Å². The van der Waals surface area contributed by atoms with E-state index in [1.165, 1.54) is 0 Å². The minimum Gasteiger partial charge on any atom is -0.489 e. The first-order chi connectivity index (χ1) is 16.3. The number of halogens is 3. The van der Waals surface area contributed by atoms with Crippen molar-refractivity contribution >= 4 is 23.5 Å². The van der Waals surface area contributed by atoms with Crippen LogP contribution in [-0.4, -0.2) is 79.4 Å². The summed E-state index contributed by atoms with van der Waals surface area (Å²) in [5.41, 5.74) is 0.220. The van der Waals surface area contributed by atoms with Crippen molar-refractivity contribution in [3.05, 3.63) is 41.7 Å². The summed E-state index contributed by atoms with van der Waals surface area (Å²) >= 11 is 0. The quantitative estimate of drug-likeness (QED) is 0.572. The van der Waals surface area contributed by atoms with Gasteiger partial charge in [0.1, 0.15) is 19.0 Å². The van der Waals surface area contributed by atoms with Crippen molar-refractivity contribution in [2.75, 3.05) is 62.9 Å². The highest BCUT2D eigenvalue weighted by atomic mass is 19.4. The zero-order valence-corrected chi connectivity index (χ0v) is 18.1. The van der Waals surface area contributed by atoms with Crippen molar-refractivity contribution in [3.8, 4) is 5.75 Å². The van der Waals surface area contributed by atoms with E-state index in [9.17, 15) is 22.8 Å². The molecular weight excluding hydrogens is 457 g/mol. The maximum Gasteiger partial charge on any atom is 0.419 e. The molecule has 2 aliphatic heterocycles. The van der Waals surface area contributed by atoms with Crippen LogP contribution >= 0.6 is 0 Å². The van der Waals surface area contributed by atoms with Crippen LogP contribution in [0.3, 0.4) is 0 Å². The topological polar surface area (TPSA) is 109 Å². The summed E-state index contributed by atoms with van der Waals surface area (Å²) in [7, 11) is 0. The molecule has 13 heteroatoms. The Labute approximate surface area is 193 Å². The molecule has 1 aromatic heterocycles. The van der Waals surface area contributed by atoms with Crippen molar-refractivity contribution in [2.24, 2.45) is 0 Å². The molecule has 0 radical (unpaired) electrons. The zero-order chi connectivity index (χ0) is 24.1. The second kappa shape index (κ2) is 10.1. The number of hydrogen-bond acceptors (Lipinski definition) is 8. The number of piperazine rings is 1. The van der Waals surface area contributed by atoms with E-state index in [1.54, 1.807) is 28.0 Å². The van der Waals surface area contributed by atoms with Crippen LogP contribution in [0.15, 0.2) is 30.6 Å². The molecule has 0 bridgehead atoms. The van der Waals surface area contributed by atoms with Gasteiger partial charge < -0.3 is 29.9 Å². The first kappa shape index (κ1) is 23.5. The molecule has 2 aliphatic rings. The molecule has 0 aliphatic carbocycles. The van der Waals surface area contributed by atoms with Crippen LogP contribution in [0.4, 0.5) is 24.8 Å². The molecular formula is C21H23F3N6O4. The zero-order valence-electron chi connectivity index (χ0n) is 18.1. The van der Waals surface area contributed by atoms with Crippen molar-refractivity contribution in [1.82, 2.24) is 20.2 Å². The largest absolute Gasteiger partial charge is 0.489 e. The van der Waals surface area contributed by atoms with Gasteiger partial charge in [0.2, 0.25) is 11.9 Å². The van der Waals surface area contributed by atoms with Crippen LogP contribution in [0.5, 0.6) is 5.75 Å². The molecule has 1 saturated heterocycles. The van der Waals surface area contributed by atoms with E-state index in [0.29, 0.717) is 49.8 Å². The van der Waals surface area contributed by atoms with Crippen molar-refractivity contribution in [2.45, 2.75) is 6.18 Å². The number of nitrogens with one attached hydrogen (secondary N) is 2. The molecule has 1 fully saturated rings. The number of carbonyl (C=O) groups excluding carboxylic acids is 2. The summed E-state index contributed by atoms with van der Waals surface area (Å²) in [5, 5.41) is 5.75. The number of para-hydroxylation sites is 1. The summed E-state index contributed by atoms with van der Waals surface area (Å²) in [6, 6.07) is 5.16. The van der Waals surface area contributed by atoms with Gasteiger partial charge in [0, 0.05) is 38.6 Å². The van der Waals surface area contributed by atoms with E-state index in [-0.39, 0.29) is 37.6 Å². The van der Waals surface area contributed by atoms with Gasteiger partial charge in [-0.15, -0.1) is 0 Å². The lowest BCUT2D eigenvalue weighted by atomic mass is 10.1. The van der Waals surface area contributed by atoms with Crippen molar-refractivity contribution < 1.29 is 32.2 Å². The minimum absolute atomic E-state index is 0.117. The lowest BCUT2D eigenvalue weighted by Crippen LogP contribution is -2.50. The highest BCUT2D eigenvalue weighted by Crippen LogP contribution is 2.30. The number of amides is 2. The highest BCUT2D eigenvalue weighted by molar-refractivity contribution is 6.02. The van der Waals surface area contributed by atoms with Gasteiger partial charge >= 0.3 is 6.18 Å². The smallest absolute Gasteiger partial charge is 0.419 e. The summed E-state index contributed by atoms with van der Waals surface area (Å²) in [4.78, 5) is 35.2. The molecule has 4 rings (SSSR count). The number of ether oxygens (including phenoxy) is 2.